The molecule has 0 bridgehead atoms. The lowest BCUT2D eigenvalue weighted by Gasteiger charge is -2.37. The molecule has 0 aliphatic carbocycles. The highest BCUT2D eigenvalue weighted by Gasteiger charge is 2.30. The first kappa shape index (κ1) is 16.6. The Hall–Kier alpha value is -1.78. The SMILES string of the molecule is CC(C)(C)OC(=O)N1CCCC[C@H]1CNc1ccc(F)cc1. The zero-order chi connectivity index (χ0) is 16.2. The number of nitrogens with zero attached hydrogens (tertiary/aromatic N) is 1. The fraction of sp³-hybridized carbons (Fsp3) is 0.588. The fourth-order valence-corrected chi connectivity index (χ4v) is 2.58. The third-order valence-electron chi connectivity index (χ3n) is 3.64. The van der Waals surface area contributed by atoms with Crippen LogP contribution in [0.2, 0.25) is 0 Å². The van der Waals surface area contributed by atoms with Crippen LogP contribution in [0.3, 0.4) is 0 Å². The summed E-state index contributed by atoms with van der Waals surface area (Å²) in [6, 6.07) is 6.36. The van der Waals surface area contributed by atoms with Crippen LogP contribution in [0.4, 0.5) is 14.9 Å². The average molecular weight is 308 g/mol. The van der Waals surface area contributed by atoms with Crippen molar-refractivity contribution in [1.82, 2.24) is 4.90 Å². The molecule has 2 rings (SSSR count). The van der Waals surface area contributed by atoms with E-state index in [9.17, 15) is 9.18 Å². The molecule has 22 heavy (non-hydrogen) atoms. The number of likely N-dealkylation sites (tertiary alicyclic amines) is 1. The van der Waals surface area contributed by atoms with Crippen molar-refractivity contribution in [3.05, 3.63) is 30.1 Å². The van der Waals surface area contributed by atoms with Gasteiger partial charge in [-0.05, 0) is 64.3 Å². The van der Waals surface area contributed by atoms with Crippen molar-refractivity contribution in [1.29, 1.82) is 0 Å². The van der Waals surface area contributed by atoms with E-state index >= 15 is 0 Å². The topological polar surface area (TPSA) is 41.6 Å². The van der Waals surface area contributed by atoms with Crippen molar-refractivity contribution in [3.8, 4) is 0 Å². The predicted molar refractivity (Wildman–Crippen MR) is 85.5 cm³/mol. The van der Waals surface area contributed by atoms with E-state index < -0.39 is 5.60 Å². The van der Waals surface area contributed by atoms with Crippen LogP contribution in [0.25, 0.3) is 0 Å². The van der Waals surface area contributed by atoms with Crippen LogP contribution >= 0.6 is 0 Å². The molecule has 1 saturated heterocycles. The number of ether oxygens (including phenoxy) is 1. The molecule has 0 radical (unpaired) electrons. The van der Waals surface area contributed by atoms with E-state index in [1.54, 1.807) is 12.1 Å². The standard InChI is InChI=1S/C17H25FN2O2/c1-17(2,3)22-16(21)20-11-5-4-6-15(20)12-19-14-9-7-13(18)8-10-14/h7-10,15,19H,4-6,11-12H2,1-3H3/t15-/m0/s1. The van der Waals surface area contributed by atoms with Crippen molar-refractivity contribution < 1.29 is 13.9 Å². The van der Waals surface area contributed by atoms with Crippen LogP contribution in [0.15, 0.2) is 24.3 Å². The summed E-state index contributed by atoms with van der Waals surface area (Å²) >= 11 is 0. The Morgan fingerprint density at radius 2 is 2.00 bits per heavy atom. The van der Waals surface area contributed by atoms with Gasteiger partial charge in [-0.1, -0.05) is 0 Å². The van der Waals surface area contributed by atoms with Gasteiger partial charge in [-0.25, -0.2) is 9.18 Å². The van der Waals surface area contributed by atoms with Gasteiger partial charge < -0.3 is 15.0 Å². The van der Waals surface area contributed by atoms with Gasteiger partial charge in [0.1, 0.15) is 11.4 Å². The van der Waals surface area contributed by atoms with Crippen LogP contribution in [-0.4, -0.2) is 35.7 Å². The first-order valence-corrected chi connectivity index (χ1v) is 7.84. The quantitative estimate of drug-likeness (QED) is 0.916. The summed E-state index contributed by atoms with van der Waals surface area (Å²) in [6.45, 7) is 7.00. The smallest absolute Gasteiger partial charge is 0.410 e. The number of piperidine rings is 1. The normalized spacial score (nSPS) is 18.9. The number of rotatable bonds is 3. The van der Waals surface area contributed by atoms with E-state index in [4.69, 9.17) is 4.74 Å². The molecule has 1 aliphatic rings. The summed E-state index contributed by atoms with van der Waals surface area (Å²) in [4.78, 5) is 14.1. The Labute approximate surface area is 131 Å². The van der Waals surface area contributed by atoms with E-state index in [1.807, 2.05) is 25.7 Å². The summed E-state index contributed by atoms with van der Waals surface area (Å²) in [7, 11) is 0. The number of anilines is 1. The van der Waals surface area contributed by atoms with Crippen molar-refractivity contribution >= 4 is 11.8 Å². The first-order chi connectivity index (χ1) is 10.3. The third-order valence-corrected chi connectivity index (χ3v) is 3.64. The molecule has 1 aliphatic heterocycles. The number of amides is 1. The second-order valence-corrected chi connectivity index (χ2v) is 6.71. The lowest BCUT2D eigenvalue weighted by molar-refractivity contribution is 0.0114. The third kappa shape index (κ3) is 4.90. The zero-order valence-corrected chi connectivity index (χ0v) is 13.6. The Kier molecular flexibility index (Phi) is 5.27. The lowest BCUT2D eigenvalue weighted by Crippen LogP contribution is -2.48. The molecule has 5 heteroatoms. The van der Waals surface area contributed by atoms with Gasteiger partial charge in [0, 0.05) is 18.8 Å². The fourth-order valence-electron chi connectivity index (χ4n) is 2.58. The summed E-state index contributed by atoms with van der Waals surface area (Å²) in [5.41, 5.74) is 0.375. The second kappa shape index (κ2) is 6.99. The number of carbonyl (C=O) groups excluding carboxylic acids is 1. The van der Waals surface area contributed by atoms with E-state index in [2.05, 4.69) is 5.32 Å². The van der Waals surface area contributed by atoms with Gasteiger partial charge in [0.2, 0.25) is 0 Å². The van der Waals surface area contributed by atoms with Crippen molar-refractivity contribution in [3.63, 3.8) is 0 Å². The highest BCUT2D eigenvalue weighted by atomic mass is 19.1. The van der Waals surface area contributed by atoms with Gasteiger partial charge in [-0.2, -0.15) is 0 Å². The molecule has 1 fully saturated rings. The predicted octanol–water partition coefficient (Wildman–Crippen LogP) is 4.03. The molecule has 0 spiro atoms. The highest BCUT2D eigenvalue weighted by molar-refractivity contribution is 5.68. The molecular formula is C17H25FN2O2. The van der Waals surface area contributed by atoms with Crippen molar-refractivity contribution in [2.45, 2.75) is 51.7 Å². The van der Waals surface area contributed by atoms with Crippen molar-refractivity contribution in [2.75, 3.05) is 18.4 Å². The van der Waals surface area contributed by atoms with Crippen LogP contribution in [0.1, 0.15) is 40.0 Å². The number of carbonyl (C=O) groups is 1. The summed E-state index contributed by atoms with van der Waals surface area (Å²) in [6.07, 6.45) is 2.81. The van der Waals surface area contributed by atoms with Crippen LogP contribution < -0.4 is 5.32 Å². The van der Waals surface area contributed by atoms with Gasteiger partial charge in [0.05, 0.1) is 6.04 Å². The molecule has 0 unspecified atom stereocenters. The van der Waals surface area contributed by atoms with E-state index in [-0.39, 0.29) is 18.0 Å². The maximum absolute atomic E-state index is 12.9. The van der Waals surface area contributed by atoms with Gasteiger partial charge in [-0.15, -0.1) is 0 Å². The maximum atomic E-state index is 12.9. The number of halogens is 1. The van der Waals surface area contributed by atoms with E-state index in [0.717, 1.165) is 31.5 Å². The highest BCUT2D eigenvalue weighted by Crippen LogP contribution is 2.21. The molecule has 1 N–H and O–H groups in total. The minimum absolute atomic E-state index is 0.105. The molecular weight excluding hydrogens is 283 g/mol. The van der Waals surface area contributed by atoms with Crippen LogP contribution in [-0.2, 0) is 4.74 Å². The Bertz CT molecular complexity index is 496. The lowest BCUT2D eigenvalue weighted by atomic mass is 10.0. The molecule has 0 saturated carbocycles. The summed E-state index contributed by atoms with van der Waals surface area (Å²) < 4.78 is 18.4. The largest absolute Gasteiger partial charge is 0.444 e. The molecule has 0 aromatic heterocycles. The molecule has 1 atom stereocenters. The Balaban J connectivity index is 1.94. The number of hydrogen-bond donors (Lipinski definition) is 1. The number of hydrogen-bond acceptors (Lipinski definition) is 3. The maximum Gasteiger partial charge on any atom is 0.410 e. The number of benzene rings is 1. The van der Waals surface area contributed by atoms with Gasteiger partial charge in [-0.3, -0.25) is 0 Å². The zero-order valence-electron chi connectivity index (χ0n) is 13.6. The summed E-state index contributed by atoms with van der Waals surface area (Å²) in [5.74, 6) is -0.251. The second-order valence-electron chi connectivity index (χ2n) is 6.71. The number of nitrogens with one attached hydrogen (secondary N) is 1. The average Bonchev–Trinajstić information content (AvgIpc) is 2.45. The van der Waals surface area contributed by atoms with E-state index in [0.29, 0.717) is 6.54 Å². The molecule has 1 heterocycles. The van der Waals surface area contributed by atoms with E-state index in [1.165, 1.54) is 12.1 Å². The molecule has 1 amide bonds. The summed E-state index contributed by atoms with van der Waals surface area (Å²) in [5, 5.41) is 3.27. The minimum Gasteiger partial charge on any atom is -0.444 e. The monoisotopic (exact) mass is 308 g/mol. The minimum atomic E-state index is -0.483. The van der Waals surface area contributed by atoms with Gasteiger partial charge >= 0.3 is 6.09 Å². The van der Waals surface area contributed by atoms with Gasteiger partial charge in [0.25, 0.3) is 0 Å². The first-order valence-electron chi connectivity index (χ1n) is 7.84. The van der Waals surface area contributed by atoms with Crippen LogP contribution in [0, 0.1) is 5.82 Å². The van der Waals surface area contributed by atoms with Crippen molar-refractivity contribution in [2.24, 2.45) is 0 Å². The molecule has 1 aromatic rings. The molecule has 4 nitrogen and oxygen atoms in total. The molecule has 1 aromatic carbocycles. The van der Waals surface area contributed by atoms with Gasteiger partial charge in [0.15, 0.2) is 0 Å². The van der Waals surface area contributed by atoms with Crippen LogP contribution in [0.5, 0.6) is 0 Å². The Morgan fingerprint density at radius 1 is 1.32 bits per heavy atom. The Morgan fingerprint density at radius 3 is 2.64 bits per heavy atom. The molecule has 122 valence electrons.